The summed E-state index contributed by atoms with van der Waals surface area (Å²) in [6.45, 7) is 2.34. The van der Waals surface area contributed by atoms with Crippen molar-refractivity contribution in [3.05, 3.63) is 48.0 Å². The number of halogens is 1. The van der Waals surface area contributed by atoms with Gasteiger partial charge >= 0.3 is 0 Å². The van der Waals surface area contributed by atoms with Gasteiger partial charge in [-0.2, -0.15) is 5.10 Å². The van der Waals surface area contributed by atoms with Crippen molar-refractivity contribution in [1.29, 1.82) is 0 Å². The van der Waals surface area contributed by atoms with Gasteiger partial charge in [0.05, 0.1) is 17.8 Å². The molecule has 6 heteroatoms. The van der Waals surface area contributed by atoms with E-state index in [1.54, 1.807) is 36.2 Å². The quantitative estimate of drug-likeness (QED) is 0.945. The molecule has 23 heavy (non-hydrogen) atoms. The van der Waals surface area contributed by atoms with Crippen molar-refractivity contribution in [2.45, 2.75) is 38.3 Å². The predicted molar refractivity (Wildman–Crippen MR) is 83.9 cm³/mol. The van der Waals surface area contributed by atoms with Crippen LogP contribution in [0.4, 0.5) is 4.39 Å². The third-order valence-electron chi connectivity index (χ3n) is 4.25. The molecule has 1 amide bonds. The van der Waals surface area contributed by atoms with Crippen molar-refractivity contribution in [1.82, 2.24) is 14.7 Å². The zero-order chi connectivity index (χ0) is 16.4. The lowest BCUT2D eigenvalue weighted by molar-refractivity contribution is 0.0276. The Morgan fingerprint density at radius 2 is 2.22 bits per heavy atom. The molecule has 1 aromatic carbocycles. The Labute approximate surface area is 134 Å². The van der Waals surface area contributed by atoms with Crippen LogP contribution in [0.3, 0.4) is 0 Å². The van der Waals surface area contributed by atoms with Crippen LogP contribution in [0.1, 0.15) is 36.7 Å². The van der Waals surface area contributed by atoms with Gasteiger partial charge in [-0.25, -0.2) is 9.07 Å². The highest BCUT2D eigenvalue weighted by molar-refractivity contribution is 5.92. The summed E-state index contributed by atoms with van der Waals surface area (Å²) in [6.07, 6.45) is 3.82. The van der Waals surface area contributed by atoms with E-state index in [2.05, 4.69) is 5.10 Å². The Morgan fingerprint density at radius 1 is 1.39 bits per heavy atom. The molecule has 5 nitrogen and oxygen atoms in total. The van der Waals surface area contributed by atoms with Crippen LogP contribution in [-0.2, 0) is 0 Å². The fourth-order valence-electron chi connectivity index (χ4n) is 3.06. The number of aromatic nitrogens is 2. The predicted octanol–water partition coefficient (Wildman–Crippen LogP) is 2.39. The maximum absolute atomic E-state index is 13.3. The number of piperidine rings is 1. The largest absolute Gasteiger partial charge is 0.391 e. The Balaban J connectivity index is 1.83. The maximum Gasteiger partial charge on any atom is 0.274 e. The minimum atomic E-state index is -0.565. The van der Waals surface area contributed by atoms with E-state index in [0.29, 0.717) is 17.9 Å². The highest BCUT2D eigenvalue weighted by Gasteiger charge is 2.31. The molecule has 122 valence electrons. The summed E-state index contributed by atoms with van der Waals surface area (Å²) in [4.78, 5) is 14.4. The van der Waals surface area contributed by atoms with Gasteiger partial charge in [0, 0.05) is 12.7 Å². The number of aliphatic hydroxyl groups is 1. The van der Waals surface area contributed by atoms with Gasteiger partial charge in [0.2, 0.25) is 0 Å². The molecule has 0 radical (unpaired) electrons. The fraction of sp³-hybridized carbons (Fsp3) is 0.412. The van der Waals surface area contributed by atoms with Gasteiger partial charge in [-0.1, -0.05) is 6.07 Å². The third-order valence-corrected chi connectivity index (χ3v) is 4.25. The van der Waals surface area contributed by atoms with Gasteiger partial charge < -0.3 is 10.0 Å². The van der Waals surface area contributed by atoms with E-state index in [9.17, 15) is 14.3 Å². The number of hydrogen-bond acceptors (Lipinski definition) is 3. The van der Waals surface area contributed by atoms with E-state index in [4.69, 9.17) is 0 Å². The van der Waals surface area contributed by atoms with E-state index in [1.807, 2.05) is 0 Å². The Morgan fingerprint density at radius 3 is 2.96 bits per heavy atom. The standard InChI is InChI=1S/C17H20FN3O2/c1-12(22)16-7-2-3-9-20(16)17(23)15-8-10-21(19-15)14-6-4-5-13(18)11-14/h4-6,8,10-12,16,22H,2-3,7,9H2,1H3. The second-order valence-electron chi connectivity index (χ2n) is 5.93. The zero-order valence-corrected chi connectivity index (χ0v) is 13.0. The van der Waals surface area contributed by atoms with Gasteiger partial charge in [-0.3, -0.25) is 4.79 Å². The smallest absolute Gasteiger partial charge is 0.274 e. The summed E-state index contributed by atoms with van der Waals surface area (Å²) in [5.74, 6) is -0.540. The van der Waals surface area contributed by atoms with Crippen LogP contribution in [0.25, 0.3) is 5.69 Å². The summed E-state index contributed by atoms with van der Waals surface area (Å²) >= 11 is 0. The van der Waals surface area contributed by atoms with Gasteiger partial charge in [-0.05, 0) is 50.5 Å². The Hall–Kier alpha value is -2.21. The molecule has 0 saturated carbocycles. The number of amides is 1. The molecule has 2 unspecified atom stereocenters. The lowest BCUT2D eigenvalue weighted by Crippen LogP contribution is -2.49. The number of carbonyl (C=O) groups is 1. The van der Waals surface area contributed by atoms with Gasteiger partial charge in [-0.15, -0.1) is 0 Å². The average Bonchev–Trinajstić information content (AvgIpc) is 3.04. The highest BCUT2D eigenvalue weighted by atomic mass is 19.1. The molecule has 2 aromatic rings. The van der Waals surface area contributed by atoms with E-state index in [0.717, 1.165) is 19.3 Å². The fourth-order valence-corrected chi connectivity index (χ4v) is 3.06. The van der Waals surface area contributed by atoms with E-state index in [1.165, 1.54) is 16.8 Å². The van der Waals surface area contributed by atoms with Crippen LogP contribution in [0.2, 0.25) is 0 Å². The highest BCUT2D eigenvalue weighted by Crippen LogP contribution is 2.22. The molecule has 1 N–H and O–H groups in total. The summed E-state index contributed by atoms with van der Waals surface area (Å²) in [7, 11) is 0. The molecule has 1 aromatic heterocycles. The first-order chi connectivity index (χ1) is 11.1. The van der Waals surface area contributed by atoms with Crippen LogP contribution in [0.5, 0.6) is 0 Å². The molecular weight excluding hydrogens is 297 g/mol. The summed E-state index contributed by atoms with van der Waals surface area (Å²) in [5, 5.41) is 14.2. The molecule has 1 fully saturated rings. The van der Waals surface area contributed by atoms with Crippen LogP contribution in [-0.4, -0.2) is 44.4 Å². The number of benzene rings is 1. The second-order valence-corrected chi connectivity index (χ2v) is 5.93. The molecule has 2 heterocycles. The minimum Gasteiger partial charge on any atom is -0.391 e. The molecule has 0 bridgehead atoms. The van der Waals surface area contributed by atoms with Crippen molar-refractivity contribution in [3.8, 4) is 5.69 Å². The number of likely N-dealkylation sites (tertiary alicyclic amines) is 1. The van der Waals surface area contributed by atoms with Crippen molar-refractivity contribution >= 4 is 5.91 Å². The van der Waals surface area contributed by atoms with Crippen LogP contribution in [0, 0.1) is 5.82 Å². The SMILES string of the molecule is CC(O)C1CCCCN1C(=O)c1ccn(-c2cccc(F)c2)n1. The second kappa shape index (κ2) is 6.50. The van der Waals surface area contributed by atoms with Crippen LogP contribution in [0.15, 0.2) is 36.5 Å². The molecule has 1 aliphatic rings. The number of carbonyl (C=O) groups excluding carboxylic acids is 1. The summed E-state index contributed by atoms with van der Waals surface area (Å²) in [5.41, 5.74) is 0.872. The number of aliphatic hydroxyl groups excluding tert-OH is 1. The Kier molecular flexibility index (Phi) is 4.43. The zero-order valence-electron chi connectivity index (χ0n) is 13.0. The average molecular weight is 317 g/mol. The van der Waals surface area contributed by atoms with Crippen LogP contribution >= 0.6 is 0 Å². The molecular formula is C17H20FN3O2. The number of nitrogens with zero attached hydrogens (tertiary/aromatic N) is 3. The normalized spacial score (nSPS) is 19.6. The lowest BCUT2D eigenvalue weighted by atomic mass is 9.98. The van der Waals surface area contributed by atoms with Gasteiger partial charge in [0.15, 0.2) is 5.69 Å². The van der Waals surface area contributed by atoms with Crippen molar-refractivity contribution in [2.75, 3.05) is 6.54 Å². The first kappa shape index (κ1) is 15.7. The van der Waals surface area contributed by atoms with Crippen molar-refractivity contribution < 1.29 is 14.3 Å². The van der Waals surface area contributed by atoms with Gasteiger partial charge in [0.25, 0.3) is 5.91 Å². The maximum atomic E-state index is 13.3. The lowest BCUT2D eigenvalue weighted by Gasteiger charge is -2.37. The third kappa shape index (κ3) is 3.27. The monoisotopic (exact) mass is 317 g/mol. The van der Waals surface area contributed by atoms with Crippen molar-refractivity contribution in [3.63, 3.8) is 0 Å². The molecule has 3 rings (SSSR count). The number of hydrogen-bond donors (Lipinski definition) is 1. The molecule has 1 saturated heterocycles. The van der Waals surface area contributed by atoms with Crippen molar-refractivity contribution in [2.24, 2.45) is 0 Å². The first-order valence-corrected chi connectivity index (χ1v) is 7.87. The topological polar surface area (TPSA) is 58.4 Å². The number of rotatable bonds is 3. The summed E-state index contributed by atoms with van der Waals surface area (Å²) < 4.78 is 14.8. The molecule has 2 atom stereocenters. The summed E-state index contributed by atoms with van der Waals surface area (Å²) in [6, 6.07) is 7.50. The molecule has 0 aliphatic carbocycles. The van der Waals surface area contributed by atoms with E-state index >= 15 is 0 Å². The van der Waals surface area contributed by atoms with E-state index in [-0.39, 0.29) is 17.8 Å². The molecule has 1 aliphatic heterocycles. The molecule has 0 spiro atoms. The first-order valence-electron chi connectivity index (χ1n) is 7.87. The van der Waals surface area contributed by atoms with E-state index < -0.39 is 6.10 Å². The Bertz CT molecular complexity index is 699. The van der Waals surface area contributed by atoms with Crippen LogP contribution < -0.4 is 0 Å². The van der Waals surface area contributed by atoms with Gasteiger partial charge in [0.1, 0.15) is 5.82 Å². The minimum absolute atomic E-state index is 0.171.